The van der Waals surface area contributed by atoms with Crippen molar-refractivity contribution in [3.8, 4) is 10.4 Å². The number of rotatable bonds is 3. The third-order valence-corrected chi connectivity index (χ3v) is 3.79. The Bertz CT molecular complexity index is 490. The highest BCUT2D eigenvalue weighted by molar-refractivity contribution is 7.13. The van der Waals surface area contributed by atoms with Crippen LogP contribution >= 0.6 is 22.9 Å². The third-order valence-electron chi connectivity index (χ3n) is 2.54. The molecule has 0 amide bonds. The number of nitrogens with two attached hydrogens (primary N) is 1. The molecule has 2 rings (SSSR count). The molecule has 0 aliphatic heterocycles. The Labute approximate surface area is 105 Å². The van der Waals surface area contributed by atoms with Gasteiger partial charge >= 0.3 is 0 Å². The van der Waals surface area contributed by atoms with Crippen LogP contribution in [-0.2, 0) is 6.42 Å². The number of aryl methyl sites for hydroxylation is 1. The zero-order chi connectivity index (χ0) is 11.5. The van der Waals surface area contributed by atoms with E-state index in [2.05, 4.69) is 24.4 Å². The zero-order valence-electron chi connectivity index (χ0n) is 9.16. The zero-order valence-corrected chi connectivity index (χ0v) is 10.7. The number of halogens is 1. The molecule has 0 aliphatic rings. The molecule has 2 aromatic rings. The first-order valence-electron chi connectivity index (χ1n) is 5.24. The lowest BCUT2D eigenvalue weighted by molar-refractivity contribution is 0.974. The summed E-state index contributed by atoms with van der Waals surface area (Å²) in [5.41, 5.74) is 9.34. The first-order chi connectivity index (χ1) is 7.70. The van der Waals surface area contributed by atoms with Crippen molar-refractivity contribution >= 4 is 22.9 Å². The predicted octanol–water partition coefficient (Wildman–Crippen LogP) is 3.88. The van der Waals surface area contributed by atoms with Crippen molar-refractivity contribution in [1.82, 2.24) is 0 Å². The van der Waals surface area contributed by atoms with E-state index in [0.717, 1.165) is 11.4 Å². The SMILES string of the molecule is Cc1cc(Cl)ccc1-c1cc(CCN)cs1. The van der Waals surface area contributed by atoms with Gasteiger partial charge in [-0.2, -0.15) is 0 Å². The Balaban J connectivity index is 2.35. The second-order valence-corrected chi connectivity index (χ2v) is 5.16. The monoisotopic (exact) mass is 251 g/mol. The fourth-order valence-electron chi connectivity index (χ4n) is 1.72. The van der Waals surface area contributed by atoms with E-state index in [1.54, 1.807) is 11.3 Å². The van der Waals surface area contributed by atoms with Crippen molar-refractivity contribution in [3.05, 3.63) is 45.8 Å². The van der Waals surface area contributed by atoms with Gasteiger partial charge in [0.15, 0.2) is 0 Å². The van der Waals surface area contributed by atoms with E-state index in [1.165, 1.54) is 21.6 Å². The number of hydrogen-bond donors (Lipinski definition) is 1. The molecule has 1 heterocycles. The van der Waals surface area contributed by atoms with Crippen LogP contribution in [0.3, 0.4) is 0 Å². The van der Waals surface area contributed by atoms with Gasteiger partial charge in [0.2, 0.25) is 0 Å². The average Bonchev–Trinajstić information content (AvgIpc) is 2.67. The molecule has 2 N–H and O–H groups in total. The Morgan fingerprint density at radius 2 is 2.12 bits per heavy atom. The minimum atomic E-state index is 0.704. The minimum Gasteiger partial charge on any atom is -0.330 e. The smallest absolute Gasteiger partial charge is 0.0409 e. The summed E-state index contributed by atoms with van der Waals surface area (Å²) >= 11 is 7.71. The number of benzene rings is 1. The lowest BCUT2D eigenvalue weighted by Gasteiger charge is -2.03. The fourth-order valence-corrected chi connectivity index (χ4v) is 2.98. The van der Waals surface area contributed by atoms with E-state index in [4.69, 9.17) is 17.3 Å². The first kappa shape index (κ1) is 11.6. The largest absolute Gasteiger partial charge is 0.330 e. The van der Waals surface area contributed by atoms with Crippen LogP contribution < -0.4 is 5.73 Å². The van der Waals surface area contributed by atoms with E-state index < -0.39 is 0 Å². The van der Waals surface area contributed by atoms with Crippen LogP contribution in [-0.4, -0.2) is 6.54 Å². The average molecular weight is 252 g/mol. The Morgan fingerprint density at radius 1 is 1.31 bits per heavy atom. The van der Waals surface area contributed by atoms with Crippen LogP contribution in [0.2, 0.25) is 5.02 Å². The lowest BCUT2D eigenvalue weighted by atomic mass is 10.1. The van der Waals surface area contributed by atoms with Crippen molar-refractivity contribution in [3.63, 3.8) is 0 Å². The number of hydrogen-bond acceptors (Lipinski definition) is 2. The molecule has 0 bridgehead atoms. The van der Waals surface area contributed by atoms with Gasteiger partial charge in [-0.3, -0.25) is 0 Å². The summed E-state index contributed by atoms with van der Waals surface area (Å²) in [6.45, 7) is 2.79. The van der Waals surface area contributed by atoms with Gasteiger partial charge in [0.25, 0.3) is 0 Å². The first-order valence-corrected chi connectivity index (χ1v) is 6.50. The molecular weight excluding hydrogens is 238 g/mol. The van der Waals surface area contributed by atoms with E-state index in [-0.39, 0.29) is 0 Å². The highest BCUT2D eigenvalue weighted by atomic mass is 35.5. The molecule has 0 saturated carbocycles. The van der Waals surface area contributed by atoms with E-state index >= 15 is 0 Å². The van der Waals surface area contributed by atoms with Crippen molar-refractivity contribution in [2.75, 3.05) is 6.54 Å². The topological polar surface area (TPSA) is 26.0 Å². The summed E-state index contributed by atoms with van der Waals surface area (Å²) in [6, 6.07) is 8.23. The molecule has 1 aromatic carbocycles. The van der Waals surface area contributed by atoms with Crippen molar-refractivity contribution in [2.45, 2.75) is 13.3 Å². The van der Waals surface area contributed by atoms with Crippen LogP contribution in [0.5, 0.6) is 0 Å². The summed E-state index contributed by atoms with van der Waals surface area (Å²) in [7, 11) is 0. The summed E-state index contributed by atoms with van der Waals surface area (Å²) in [5, 5.41) is 2.97. The van der Waals surface area contributed by atoms with Gasteiger partial charge in [-0.05, 0) is 60.2 Å². The van der Waals surface area contributed by atoms with Crippen LogP contribution in [0.4, 0.5) is 0 Å². The predicted molar refractivity (Wildman–Crippen MR) is 72.3 cm³/mol. The fraction of sp³-hybridized carbons (Fsp3) is 0.231. The molecular formula is C13H14ClNS. The summed E-state index contributed by atoms with van der Waals surface area (Å²) in [4.78, 5) is 1.29. The Hall–Kier alpha value is -0.830. The van der Waals surface area contributed by atoms with Crippen molar-refractivity contribution in [2.24, 2.45) is 5.73 Å². The second kappa shape index (κ2) is 5.00. The lowest BCUT2D eigenvalue weighted by Crippen LogP contribution is -2.01. The van der Waals surface area contributed by atoms with Crippen molar-refractivity contribution < 1.29 is 0 Å². The molecule has 0 radical (unpaired) electrons. The Morgan fingerprint density at radius 3 is 2.81 bits per heavy atom. The Kier molecular flexibility index (Phi) is 3.64. The molecule has 84 valence electrons. The maximum absolute atomic E-state index is 5.95. The van der Waals surface area contributed by atoms with Gasteiger partial charge in [-0.1, -0.05) is 17.7 Å². The molecule has 1 nitrogen and oxygen atoms in total. The maximum atomic E-state index is 5.95. The molecule has 16 heavy (non-hydrogen) atoms. The third kappa shape index (κ3) is 2.46. The van der Waals surface area contributed by atoms with Gasteiger partial charge < -0.3 is 5.73 Å². The summed E-state index contributed by atoms with van der Waals surface area (Å²) in [6.07, 6.45) is 0.948. The van der Waals surface area contributed by atoms with Crippen LogP contribution in [0.25, 0.3) is 10.4 Å². The highest BCUT2D eigenvalue weighted by Gasteiger charge is 2.05. The van der Waals surface area contributed by atoms with Crippen LogP contribution in [0.15, 0.2) is 29.6 Å². The van der Waals surface area contributed by atoms with Gasteiger partial charge in [0, 0.05) is 9.90 Å². The molecule has 0 fully saturated rings. The van der Waals surface area contributed by atoms with Gasteiger partial charge in [-0.15, -0.1) is 11.3 Å². The minimum absolute atomic E-state index is 0.704. The molecule has 0 spiro atoms. The molecule has 1 aromatic heterocycles. The van der Waals surface area contributed by atoms with E-state index in [1.807, 2.05) is 12.1 Å². The maximum Gasteiger partial charge on any atom is 0.0409 e. The van der Waals surface area contributed by atoms with Gasteiger partial charge in [0.1, 0.15) is 0 Å². The molecule has 3 heteroatoms. The van der Waals surface area contributed by atoms with E-state index in [9.17, 15) is 0 Å². The summed E-state index contributed by atoms with van der Waals surface area (Å²) < 4.78 is 0. The molecule has 0 atom stereocenters. The molecule has 0 aliphatic carbocycles. The van der Waals surface area contributed by atoms with Gasteiger partial charge in [-0.25, -0.2) is 0 Å². The molecule has 0 saturated heterocycles. The quantitative estimate of drug-likeness (QED) is 0.880. The number of thiophene rings is 1. The van der Waals surface area contributed by atoms with Crippen LogP contribution in [0, 0.1) is 6.92 Å². The summed E-state index contributed by atoms with van der Waals surface area (Å²) in [5.74, 6) is 0. The normalized spacial score (nSPS) is 10.7. The molecule has 0 unspecified atom stereocenters. The van der Waals surface area contributed by atoms with Crippen molar-refractivity contribution in [1.29, 1.82) is 0 Å². The standard InChI is InChI=1S/C13H14ClNS/c1-9-6-11(14)2-3-12(9)13-7-10(4-5-15)8-16-13/h2-3,6-8H,4-5,15H2,1H3. The second-order valence-electron chi connectivity index (χ2n) is 3.82. The van der Waals surface area contributed by atoms with Gasteiger partial charge in [0.05, 0.1) is 0 Å². The highest BCUT2D eigenvalue weighted by Crippen LogP contribution is 2.31. The van der Waals surface area contributed by atoms with Crippen LogP contribution in [0.1, 0.15) is 11.1 Å². The van der Waals surface area contributed by atoms with E-state index in [0.29, 0.717) is 6.54 Å².